The van der Waals surface area contributed by atoms with E-state index in [9.17, 15) is 9.59 Å². The summed E-state index contributed by atoms with van der Waals surface area (Å²) in [6, 6.07) is 4.16. The lowest BCUT2D eigenvalue weighted by Crippen LogP contribution is -2.40. The third-order valence-corrected chi connectivity index (χ3v) is 2.64. The molecule has 1 aromatic rings. The lowest BCUT2D eigenvalue weighted by Gasteiger charge is -2.22. The molecule has 1 rings (SSSR count). The first kappa shape index (κ1) is 13.8. The zero-order valence-electron chi connectivity index (χ0n) is 10.4. The van der Waals surface area contributed by atoms with E-state index >= 15 is 0 Å². The van der Waals surface area contributed by atoms with Gasteiger partial charge in [0.15, 0.2) is 0 Å². The highest BCUT2D eigenvalue weighted by Gasteiger charge is 2.22. The summed E-state index contributed by atoms with van der Waals surface area (Å²) in [6.07, 6.45) is 0. The molecular formula is C12H18N4O2. The fourth-order valence-electron chi connectivity index (χ4n) is 1.66. The second-order valence-corrected chi connectivity index (χ2v) is 4.40. The van der Waals surface area contributed by atoms with Crippen LogP contribution in [-0.2, 0) is 4.79 Å². The van der Waals surface area contributed by atoms with Crippen LogP contribution in [0.2, 0.25) is 0 Å². The van der Waals surface area contributed by atoms with Gasteiger partial charge in [-0.05, 0) is 18.1 Å². The van der Waals surface area contributed by atoms with Crippen LogP contribution < -0.4 is 22.5 Å². The highest BCUT2D eigenvalue weighted by Crippen LogP contribution is 2.25. The first-order valence-corrected chi connectivity index (χ1v) is 5.58. The third-order valence-electron chi connectivity index (χ3n) is 2.64. The zero-order valence-corrected chi connectivity index (χ0v) is 10.4. The molecular weight excluding hydrogens is 232 g/mol. The van der Waals surface area contributed by atoms with E-state index in [0.717, 1.165) is 0 Å². The minimum absolute atomic E-state index is 0.0390. The van der Waals surface area contributed by atoms with E-state index in [4.69, 9.17) is 17.2 Å². The Morgan fingerprint density at radius 1 is 1.22 bits per heavy atom. The summed E-state index contributed by atoms with van der Waals surface area (Å²) < 4.78 is 0. The average molecular weight is 250 g/mol. The standard InChI is InChI=1S/C12H18N4O2/c1-6(2)9(12(15)18)16-10-7(11(14)17)4-3-5-8(10)13/h3-6,9,16H,13H2,1-2H3,(H2,14,17)(H2,15,18). The van der Waals surface area contributed by atoms with E-state index in [2.05, 4.69) is 5.32 Å². The molecule has 18 heavy (non-hydrogen) atoms. The van der Waals surface area contributed by atoms with Crippen molar-refractivity contribution in [1.29, 1.82) is 0 Å². The van der Waals surface area contributed by atoms with Gasteiger partial charge in [-0.2, -0.15) is 0 Å². The third kappa shape index (κ3) is 2.91. The van der Waals surface area contributed by atoms with Crippen LogP contribution >= 0.6 is 0 Å². The van der Waals surface area contributed by atoms with Crippen LogP contribution in [0.25, 0.3) is 0 Å². The van der Waals surface area contributed by atoms with Crippen LogP contribution in [0.15, 0.2) is 18.2 Å². The van der Waals surface area contributed by atoms with Crippen molar-refractivity contribution >= 4 is 23.2 Å². The van der Waals surface area contributed by atoms with Gasteiger partial charge in [0.05, 0.1) is 16.9 Å². The van der Waals surface area contributed by atoms with Crippen molar-refractivity contribution in [3.05, 3.63) is 23.8 Å². The molecule has 98 valence electrons. The number of nitrogens with one attached hydrogen (secondary N) is 1. The number of benzene rings is 1. The first-order valence-electron chi connectivity index (χ1n) is 5.58. The number of hydrogen-bond donors (Lipinski definition) is 4. The van der Waals surface area contributed by atoms with Gasteiger partial charge >= 0.3 is 0 Å². The van der Waals surface area contributed by atoms with Crippen LogP contribution in [0.3, 0.4) is 0 Å². The summed E-state index contributed by atoms with van der Waals surface area (Å²) in [6.45, 7) is 3.68. The summed E-state index contributed by atoms with van der Waals surface area (Å²) in [5.41, 5.74) is 17.3. The lowest BCUT2D eigenvalue weighted by molar-refractivity contribution is -0.119. The minimum atomic E-state index is -0.618. The van der Waals surface area contributed by atoms with Crippen LogP contribution in [0.5, 0.6) is 0 Å². The molecule has 0 saturated heterocycles. The van der Waals surface area contributed by atoms with E-state index in [1.165, 1.54) is 0 Å². The molecule has 0 saturated carbocycles. The molecule has 7 N–H and O–H groups in total. The molecule has 0 spiro atoms. The molecule has 0 aliphatic carbocycles. The number of carbonyl (C=O) groups excluding carboxylic acids is 2. The monoisotopic (exact) mass is 250 g/mol. The van der Waals surface area contributed by atoms with E-state index in [-0.39, 0.29) is 11.5 Å². The van der Waals surface area contributed by atoms with Gasteiger partial charge in [-0.1, -0.05) is 19.9 Å². The summed E-state index contributed by atoms with van der Waals surface area (Å²) in [5.74, 6) is -1.16. The maximum Gasteiger partial charge on any atom is 0.250 e. The van der Waals surface area contributed by atoms with E-state index in [1.807, 2.05) is 13.8 Å². The summed E-state index contributed by atoms with van der Waals surface area (Å²) in [4.78, 5) is 22.6. The van der Waals surface area contributed by atoms with Gasteiger partial charge in [-0.3, -0.25) is 9.59 Å². The molecule has 6 nitrogen and oxygen atoms in total. The van der Waals surface area contributed by atoms with Crippen LogP contribution in [0.1, 0.15) is 24.2 Å². The van der Waals surface area contributed by atoms with Crippen molar-refractivity contribution in [2.24, 2.45) is 17.4 Å². The minimum Gasteiger partial charge on any atom is -0.397 e. The number of nitrogen functional groups attached to an aromatic ring is 1. The van der Waals surface area contributed by atoms with Crippen LogP contribution in [0.4, 0.5) is 11.4 Å². The SMILES string of the molecule is CC(C)C(Nc1c(N)cccc1C(N)=O)C(N)=O. The number of para-hydroxylation sites is 1. The van der Waals surface area contributed by atoms with E-state index < -0.39 is 17.9 Å². The molecule has 0 aromatic heterocycles. The summed E-state index contributed by atoms with van der Waals surface area (Å²) in [5, 5.41) is 2.90. The summed E-state index contributed by atoms with van der Waals surface area (Å²) in [7, 11) is 0. The van der Waals surface area contributed by atoms with Crippen molar-refractivity contribution in [3.8, 4) is 0 Å². The number of carbonyl (C=O) groups is 2. The fraction of sp³-hybridized carbons (Fsp3) is 0.333. The van der Waals surface area contributed by atoms with Crippen molar-refractivity contribution in [3.63, 3.8) is 0 Å². The lowest BCUT2D eigenvalue weighted by atomic mass is 10.0. The highest BCUT2D eigenvalue weighted by molar-refractivity contribution is 6.02. The van der Waals surface area contributed by atoms with Gasteiger partial charge in [0, 0.05) is 0 Å². The predicted octanol–water partition coefficient (Wildman–Crippen LogP) is 0.290. The van der Waals surface area contributed by atoms with Gasteiger partial charge in [0.2, 0.25) is 5.91 Å². The average Bonchev–Trinajstić information content (AvgIpc) is 2.25. The molecule has 1 atom stereocenters. The number of hydrogen-bond acceptors (Lipinski definition) is 4. The molecule has 0 fully saturated rings. The summed E-state index contributed by atoms with van der Waals surface area (Å²) >= 11 is 0. The topological polar surface area (TPSA) is 124 Å². The molecule has 0 radical (unpaired) electrons. The molecule has 1 unspecified atom stereocenters. The van der Waals surface area contributed by atoms with Crippen LogP contribution in [-0.4, -0.2) is 17.9 Å². The normalized spacial score (nSPS) is 12.2. The Hall–Kier alpha value is -2.24. The highest BCUT2D eigenvalue weighted by atomic mass is 16.1. The maximum atomic E-state index is 11.3. The largest absolute Gasteiger partial charge is 0.397 e. The maximum absolute atomic E-state index is 11.3. The molecule has 2 amide bonds. The molecule has 0 bridgehead atoms. The second kappa shape index (κ2) is 5.39. The Bertz CT molecular complexity index is 471. The van der Waals surface area contributed by atoms with Gasteiger partial charge in [-0.15, -0.1) is 0 Å². The Labute approximate surface area is 106 Å². The zero-order chi connectivity index (χ0) is 13.9. The molecule has 6 heteroatoms. The number of amides is 2. The van der Waals surface area contributed by atoms with Crippen molar-refractivity contribution in [1.82, 2.24) is 0 Å². The Kier molecular flexibility index (Phi) is 4.14. The van der Waals surface area contributed by atoms with Gasteiger partial charge in [-0.25, -0.2) is 0 Å². The second-order valence-electron chi connectivity index (χ2n) is 4.40. The van der Waals surface area contributed by atoms with Gasteiger partial charge < -0.3 is 22.5 Å². The molecule has 0 aliphatic heterocycles. The number of nitrogens with two attached hydrogens (primary N) is 3. The predicted molar refractivity (Wildman–Crippen MR) is 70.8 cm³/mol. The van der Waals surface area contributed by atoms with Gasteiger partial charge in [0.25, 0.3) is 5.91 Å². The molecule has 1 aromatic carbocycles. The van der Waals surface area contributed by atoms with Crippen molar-refractivity contribution in [2.75, 3.05) is 11.1 Å². The first-order chi connectivity index (χ1) is 8.34. The Balaban J connectivity index is 3.16. The van der Waals surface area contributed by atoms with Gasteiger partial charge in [0.1, 0.15) is 6.04 Å². The number of anilines is 2. The Morgan fingerprint density at radius 3 is 2.28 bits per heavy atom. The van der Waals surface area contributed by atoms with E-state index in [1.54, 1.807) is 18.2 Å². The smallest absolute Gasteiger partial charge is 0.250 e. The van der Waals surface area contributed by atoms with E-state index in [0.29, 0.717) is 11.4 Å². The quantitative estimate of drug-likeness (QED) is 0.560. The molecule has 0 heterocycles. The fourth-order valence-corrected chi connectivity index (χ4v) is 1.66. The van der Waals surface area contributed by atoms with Crippen molar-refractivity contribution < 1.29 is 9.59 Å². The Morgan fingerprint density at radius 2 is 1.83 bits per heavy atom. The number of primary amides is 2. The van der Waals surface area contributed by atoms with Crippen molar-refractivity contribution in [2.45, 2.75) is 19.9 Å². The molecule has 0 aliphatic rings. The van der Waals surface area contributed by atoms with Crippen LogP contribution in [0, 0.1) is 5.92 Å². The number of rotatable bonds is 5.